The highest BCUT2D eigenvalue weighted by Crippen LogP contribution is 2.38. The maximum Gasteiger partial charge on any atom is 0.416 e. The van der Waals surface area contributed by atoms with Gasteiger partial charge in [0, 0.05) is 16.7 Å². The molecule has 0 aromatic heterocycles. The van der Waals surface area contributed by atoms with Crippen LogP contribution >= 0.6 is 15.9 Å². The maximum atomic E-state index is 12.7. The second-order valence-electron chi connectivity index (χ2n) is 5.45. The van der Waals surface area contributed by atoms with E-state index < -0.39 is 11.7 Å². The number of rotatable bonds is 2. The molecule has 1 unspecified atom stereocenters. The van der Waals surface area contributed by atoms with Gasteiger partial charge in [0.05, 0.1) is 11.6 Å². The molecule has 1 fully saturated rings. The molecule has 5 heteroatoms. The molecule has 1 aliphatic rings. The van der Waals surface area contributed by atoms with E-state index in [-0.39, 0.29) is 6.04 Å². The van der Waals surface area contributed by atoms with Crippen molar-refractivity contribution in [2.75, 3.05) is 11.4 Å². The second-order valence-corrected chi connectivity index (χ2v) is 6.36. The highest BCUT2D eigenvalue weighted by Gasteiger charge is 2.31. The summed E-state index contributed by atoms with van der Waals surface area (Å²) in [7, 11) is 0. The van der Waals surface area contributed by atoms with Crippen molar-refractivity contribution in [3.05, 3.63) is 64.1 Å². The Labute approximate surface area is 135 Å². The van der Waals surface area contributed by atoms with E-state index in [1.165, 1.54) is 5.56 Å². The van der Waals surface area contributed by atoms with Gasteiger partial charge in [-0.2, -0.15) is 13.2 Å². The Morgan fingerprint density at radius 2 is 1.59 bits per heavy atom. The highest BCUT2D eigenvalue weighted by molar-refractivity contribution is 9.10. The van der Waals surface area contributed by atoms with Crippen molar-refractivity contribution in [3.63, 3.8) is 0 Å². The summed E-state index contributed by atoms with van der Waals surface area (Å²) in [6, 6.07) is 13.8. The molecule has 0 N–H and O–H groups in total. The van der Waals surface area contributed by atoms with Crippen LogP contribution < -0.4 is 4.90 Å². The van der Waals surface area contributed by atoms with Gasteiger partial charge in [0.1, 0.15) is 0 Å². The molecule has 3 rings (SSSR count). The molecule has 22 heavy (non-hydrogen) atoms. The molecule has 116 valence electrons. The third-order valence-electron chi connectivity index (χ3n) is 4.03. The molecule has 1 aliphatic heterocycles. The van der Waals surface area contributed by atoms with Crippen molar-refractivity contribution in [3.8, 4) is 0 Å². The monoisotopic (exact) mass is 369 g/mol. The standard InChI is InChI=1S/C17H15BrF3N/c18-14-7-3-12(4-8-14)16-2-1-11-22(16)15-9-5-13(6-10-15)17(19,20)21/h3-10,16H,1-2,11H2. The summed E-state index contributed by atoms with van der Waals surface area (Å²) in [5, 5.41) is 0. The Bertz CT molecular complexity index is 634. The summed E-state index contributed by atoms with van der Waals surface area (Å²) in [4.78, 5) is 2.18. The maximum absolute atomic E-state index is 12.7. The Morgan fingerprint density at radius 3 is 2.18 bits per heavy atom. The van der Waals surface area contributed by atoms with Gasteiger partial charge >= 0.3 is 6.18 Å². The lowest BCUT2D eigenvalue weighted by Gasteiger charge is -2.27. The SMILES string of the molecule is FC(F)(F)c1ccc(N2CCCC2c2ccc(Br)cc2)cc1. The lowest BCUT2D eigenvalue weighted by Crippen LogP contribution is -2.22. The Morgan fingerprint density at radius 1 is 0.955 bits per heavy atom. The van der Waals surface area contributed by atoms with Crippen LogP contribution in [-0.4, -0.2) is 6.54 Å². The zero-order valence-corrected chi connectivity index (χ0v) is 13.4. The van der Waals surface area contributed by atoms with Gasteiger partial charge in [-0.3, -0.25) is 0 Å². The Hall–Kier alpha value is -1.49. The number of alkyl halides is 3. The minimum Gasteiger partial charge on any atom is -0.364 e. The summed E-state index contributed by atoms with van der Waals surface area (Å²) in [5.41, 5.74) is 1.44. The molecular weight excluding hydrogens is 355 g/mol. The van der Waals surface area contributed by atoms with Gasteiger partial charge in [-0.25, -0.2) is 0 Å². The van der Waals surface area contributed by atoms with Gasteiger partial charge in [0.15, 0.2) is 0 Å². The molecule has 1 atom stereocenters. The molecule has 0 radical (unpaired) electrons. The first-order valence-electron chi connectivity index (χ1n) is 7.14. The highest BCUT2D eigenvalue weighted by atomic mass is 79.9. The van der Waals surface area contributed by atoms with Crippen LogP contribution in [0.15, 0.2) is 53.0 Å². The fourth-order valence-corrected chi connectivity index (χ4v) is 3.21. The van der Waals surface area contributed by atoms with Crippen molar-refractivity contribution in [2.24, 2.45) is 0 Å². The van der Waals surface area contributed by atoms with Crippen LogP contribution in [0.1, 0.15) is 30.0 Å². The first kappa shape index (κ1) is 15.4. The van der Waals surface area contributed by atoms with Crippen LogP contribution in [0.2, 0.25) is 0 Å². The van der Waals surface area contributed by atoms with E-state index in [9.17, 15) is 13.2 Å². The van der Waals surface area contributed by atoms with Gasteiger partial charge in [-0.05, 0) is 54.8 Å². The van der Waals surface area contributed by atoms with E-state index >= 15 is 0 Å². The lowest BCUT2D eigenvalue weighted by molar-refractivity contribution is -0.137. The molecule has 1 nitrogen and oxygen atoms in total. The Kier molecular flexibility index (Phi) is 4.17. The molecule has 1 heterocycles. The molecule has 0 saturated carbocycles. The van der Waals surface area contributed by atoms with Gasteiger partial charge in [-0.15, -0.1) is 0 Å². The largest absolute Gasteiger partial charge is 0.416 e. The normalized spacial score (nSPS) is 18.7. The smallest absolute Gasteiger partial charge is 0.364 e. The van der Waals surface area contributed by atoms with Crippen LogP contribution in [0.4, 0.5) is 18.9 Å². The van der Waals surface area contributed by atoms with E-state index in [4.69, 9.17) is 0 Å². The average molecular weight is 370 g/mol. The van der Waals surface area contributed by atoms with Crippen LogP contribution in [0.3, 0.4) is 0 Å². The van der Waals surface area contributed by atoms with E-state index in [1.807, 2.05) is 12.1 Å². The predicted octanol–water partition coefficient (Wildman–Crippen LogP) is 5.81. The van der Waals surface area contributed by atoms with Crippen molar-refractivity contribution in [1.29, 1.82) is 0 Å². The van der Waals surface area contributed by atoms with E-state index in [1.54, 1.807) is 12.1 Å². The fraction of sp³-hybridized carbons (Fsp3) is 0.294. The lowest BCUT2D eigenvalue weighted by atomic mass is 10.0. The van der Waals surface area contributed by atoms with E-state index in [2.05, 4.69) is 33.0 Å². The first-order chi connectivity index (χ1) is 10.4. The van der Waals surface area contributed by atoms with E-state index in [0.717, 1.165) is 41.7 Å². The van der Waals surface area contributed by atoms with Crippen LogP contribution in [-0.2, 0) is 6.18 Å². The van der Waals surface area contributed by atoms with Crippen molar-refractivity contribution >= 4 is 21.6 Å². The quantitative estimate of drug-likeness (QED) is 0.645. The summed E-state index contributed by atoms with van der Waals surface area (Å²) < 4.78 is 39.0. The van der Waals surface area contributed by atoms with Gasteiger partial charge in [0.25, 0.3) is 0 Å². The van der Waals surface area contributed by atoms with Crippen molar-refractivity contribution < 1.29 is 13.2 Å². The summed E-state index contributed by atoms with van der Waals surface area (Å²) >= 11 is 3.42. The third kappa shape index (κ3) is 3.14. The number of hydrogen-bond acceptors (Lipinski definition) is 1. The molecule has 2 aromatic rings. The van der Waals surface area contributed by atoms with Gasteiger partial charge in [-0.1, -0.05) is 28.1 Å². The number of anilines is 1. The molecular formula is C17H15BrF3N. The fourth-order valence-electron chi connectivity index (χ4n) is 2.95. The number of halogens is 4. The minimum absolute atomic E-state index is 0.227. The molecule has 0 aliphatic carbocycles. The topological polar surface area (TPSA) is 3.24 Å². The first-order valence-corrected chi connectivity index (χ1v) is 7.94. The van der Waals surface area contributed by atoms with Gasteiger partial charge in [0.2, 0.25) is 0 Å². The number of nitrogens with zero attached hydrogens (tertiary/aromatic N) is 1. The third-order valence-corrected chi connectivity index (χ3v) is 4.56. The molecule has 2 aromatic carbocycles. The van der Waals surface area contributed by atoms with Crippen LogP contribution in [0, 0.1) is 0 Å². The molecule has 0 spiro atoms. The van der Waals surface area contributed by atoms with Gasteiger partial charge < -0.3 is 4.90 Å². The molecule has 1 saturated heterocycles. The zero-order chi connectivity index (χ0) is 15.7. The summed E-state index contributed by atoms with van der Waals surface area (Å²) in [6.45, 7) is 0.867. The number of hydrogen-bond donors (Lipinski definition) is 0. The summed E-state index contributed by atoms with van der Waals surface area (Å²) in [6.07, 6.45) is -2.22. The van der Waals surface area contributed by atoms with Crippen molar-refractivity contribution in [2.45, 2.75) is 25.1 Å². The second kappa shape index (κ2) is 5.95. The van der Waals surface area contributed by atoms with E-state index in [0.29, 0.717) is 0 Å². The average Bonchev–Trinajstić information content (AvgIpc) is 2.97. The summed E-state index contributed by atoms with van der Waals surface area (Å²) in [5.74, 6) is 0. The predicted molar refractivity (Wildman–Crippen MR) is 84.9 cm³/mol. The molecule has 0 bridgehead atoms. The molecule has 0 amide bonds. The van der Waals surface area contributed by atoms with Crippen LogP contribution in [0.5, 0.6) is 0 Å². The minimum atomic E-state index is -4.28. The zero-order valence-electron chi connectivity index (χ0n) is 11.8. The number of benzene rings is 2. The van der Waals surface area contributed by atoms with Crippen molar-refractivity contribution in [1.82, 2.24) is 0 Å². The van der Waals surface area contributed by atoms with Crippen LogP contribution in [0.25, 0.3) is 0 Å². The Balaban J connectivity index is 1.85.